The molecular weight excluding hydrogens is 422 g/mol. The summed E-state index contributed by atoms with van der Waals surface area (Å²) < 4.78 is 32.1. The van der Waals surface area contributed by atoms with Gasteiger partial charge >= 0.3 is 0 Å². The van der Waals surface area contributed by atoms with Crippen LogP contribution in [0.5, 0.6) is 5.75 Å². The molecule has 1 aliphatic rings. The summed E-state index contributed by atoms with van der Waals surface area (Å²) >= 11 is 0. The molecule has 0 aliphatic carbocycles. The molecule has 0 bridgehead atoms. The summed E-state index contributed by atoms with van der Waals surface area (Å²) in [6.07, 6.45) is 0.864. The number of nitrogens with one attached hydrogen (secondary N) is 1. The molecule has 0 saturated heterocycles. The summed E-state index contributed by atoms with van der Waals surface area (Å²) in [5.74, 6) is 0.193. The van der Waals surface area contributed by atoms with Crippen LogP contribution in [0.2, 0.25) is 0 Å². The van der Waals surface area contributed by atoms with Crippen LogP contribution in [0.4, 0.5) is 5.69 Å². The first kappa shape index (κ1) is 22.7. The highest BCUT2D eigenvalue weighted by Gasteiger charge is 2.26. The van der Waals surface area contributed by atoms with E-state index in [4.69, 9.17) is 4.74 Å². The van der Waals surface area contributed by atoms with E-state index in [1.165, 1.54) is 22.5 Å². The molecule has 1 N–H and O–H groups in total. The number of carbonyl (C=O) groups excluding carboxylic acids is 1. The van der Waals surface area contributed by atoms with Crippen LogP contribution >= 0.6 is 0 Å². The summed E-state index contributed by atoms with van der Waals surface area (Å²) in [7, 11) is -1.87. The third-order valence-electron chi connectivity index (χ3n) is 5.32. The third-order valence-corrected chi connectivity index (χ3v) is 7.22. The van der Waals surface area contributed by atoms with Crippen LogP contribution in [-0.2, 0) is 23.0 Å². The zero-order valence-corrected chi connectivity index (χ0v) is 18.3. The second-order valence-corrected chi connectivity index (χ2v) is 9.49. The van der Waals surface area contributed by atoms with Crippen molar-refractivity contribution in [2.75, 3.05) is 26.0 Å². The molecule has 9 nitrogen and oxygen atoms in total. The van der Waals surface area contributed by atoms with Crippen LogP contribution in [0.1, 0.15) is 33.5 Å². The van der Waals surface area contributed by atoms with Gasteiger partial charge in [0.05, 0.1) is 17.8 Å². The average Bonchev–Trinajstić information content (AvgIpc) is 2.75. The van der Waals surface area contributed by atoms with Gasteiger partial charge in [0, 0.05) is 36.8 Å². The molecule has 0 spiro atoms. The molecule has 1 heterocycles. The number of nitro benzene ring substituents is 1. The summed E-state index contributed by atoms with van der Waals surface area (Å²) in [5.41, 5.74) is 2.56. The highest BCUT2D eigenvalue weighted by atomic mass is 32.2. The lowest BCUT2D eigenvalue weighted by Crippen LogP contribution is -2.38. The molecule has 2 aromatic rings. The molecule has 3 rings (SSSR count). The van der Waals surface area contributed by atoms with Crippen LogP contribution < -0.4 is 10.1 Å². The molecule has 10 heteroatoms. The van der Waals surface area contributed by atoms with Gasteiger partial charge in [-0.15, -0.1) is 0 Å². The van der Waals surface area contributed by atoms with E-state index in [1.54, 1.807) is 14.0 Å². The Morgan fingerprint density at radius 2 is 2.00 bits per heavy atom. The Labute approximate surface area is 181 Å². The lowest BCUT2D eigenvalue weighted by Gasteiger charge is -2.28. The number of benzene rings is 2. The number of hydrogen-bond acceptors (Lipinski definition) is 6. The highest BCUT2D eigenvalue weighted by Crippen LogP contribution is 2.25. The molecule has 0 radical (unpaired) electrons. The van der Waals surface area contributed by atoms with Gasteiger partial charge in [-0.05, 0) is 49.1 Å². The van der Waals surface area contributed by atoms with Gasteiger partial charge in [-0.1, -0.05) is 12.1 Å². The lowest BCUT2D eigenvalue weighted by atomic mass is 10.0. The van der Waals surface area contributed by atoms with Gasteiger partial charge < -0.3 is 10.1 Å². The van der Waals surface area contributed by atoms with Crippen molar-refractivity contribution in [1.29, 1.82) is 0 Å². The molecule has 0 atom stereocenters. The van der Waals surface area contributed by atoms with Crippen molar-refractivity contribution in [1.82, 2.24) is 9.62 Å². The Balaban J connectivity index is 1.52. The Kier molecular flexibility index (Phi) is 6.91. The Hall–Kier alpha value is -2.98. The van der Waals surface area contributed by atoms with Crippen LogP contribution in [0.3, 0.4) is 0 Å². The number of ether oxygens (including phenoxy) is 1. The number of nitro groups is 1. The van der Waals surface area contributed by atoms with Gasteiger partial charge in [0.1, 0.15) is 5.75 Å². The van der Waals surface area contributed by atoms with Crippen molar-refractivity contribution in [2.24, 2.45) is 0 Å². The standard InChI is InChI=1S/C21H25N3O6S/c1-15-4-5-17(13-20(15)24(26)27)21(25)22-9-3-11-31(28,29)23-10-8-16-12-19(30-2)7-6-18(16)14-23/h4-7,12-13H,3,8-11,14H2,1-2H3,(H,22,25). The number of sulfonamides is 1. The van der Waals surface area contributed by atoms with E-state index in [0.29, 0.717) is 25.1 Å². The van der Waals surface area contributed by atoms with Gasteiger partial charge in [0.15, 0.2) is 0 Å². The predicted octanol–water partition coefficient (Wildman–Crippen LogP) is 2.42. The number of fused-ring (bicyclic) bond motifs is 1. The van der Waals surface area contributed by atoms with Crippen LogP contribution in [0, 0.1) is 17.0 Å². The molecule has 1 aliphatic heterocycles. The molecule has 166 valence electrons. The van der Waals surface area contributed by atoms with E-state index in [2.05, 4.69) is 5.32 Å². The smallest absolute Gasteiger partial charge is 0.273 e. The van der Waals surface area contributed by atoms with Crippen molar-refractivity contribution in [2.45, 2.75) is 26.3 Å². The quantitative estimate of drug-likeness (QED) is 0.377. The van der Waals surface area contributed by atoms with E-state index in [1.807, 2.05) is 18.2 Å². The lowest BCUT2D eigenvalue weighted by molar-refractivity contribution is -0.385. The maximum atomic E-state index is 12.7. The van der Waals surface area contributed by atoms with Crippen molar-refractivity contribution in [3.8, 4) is 5.75 Å². The highest BCUT2D eigenvalue weighted by molar-refractivity contribution is 7.89. The molecule has 0 saturated carbocycles. The Bertz CT molecular complexity index is 1100. The van der Waals surface area contributed by atoms with Gasteiger partial charge in [-0.2, -0.15) is 4.31 Å². The minimum Gasteiger partial charge on any atom is -0.497 e. The number of hydrogen-bond donors (Lipinski definition) is 1. The summed E-state index contributed by atoms with van der Waals surface area (Å²) in [6.45, 7) is 2.48. The number of rotatable bonds is 8. The van der Waals surface area contributed by atoms with Gasteiger partial charge in [0.25, 0.3) is 11.6 Å². The maximum Gasteiger partial charge on any atom is 0.273 e. The fourth-order valence-electron chi connectivity index (χ4n) is 3.50. The van der Waals surface area contributed by atoms with Gasteiger partial charge in [-0.3, -0.25) is 14.9 Å². The van der Waals surface area contributed by atoms with Crippen molar-refractivity contribution in [3.63, 3.8) is 0 Å². The maximum absolute atomic E-state index is 12.7. The minimum atomic E-state index is -3.47. The molecule has 31 heavy (non-hydrogen) atoms. The van der Waals surface area contributed by atoms with Crippen molar-refractivity contribution < 1.29 is 22.9 Å². The van der Waals surface area contributed by atoms with E-state index < -0.39 is 20.9 Å². The SMILES string of the molecule is COc1ccc2c(c1)CCN(S(=O)(=O)CCCNC(=O)c1ccc(C)c([N+](=O)[O-])c1)C2. The second-order valence-electron chi connectivity index (χ2n) is 7.40. The number of nitrogens with zero attached hydrogens (tertiary/aromatic N) is 2. The summed E-state index contributed by atoms with van der Waals surface area (Å²) in [4.78, 5) is 22.7. The zero-order valence-electron chi connectivity index (χ0n) is 17.5. The number of methoxy groups -OCH3 is 1. The topological polar surface area (TPSA) is 119 Å². The average molecular weight is 448 g/mol. The van der Waals surface area contributed by atoms with E-state index in [-0.39, 0.29) is 30.0 Å². The Morgan fingerprint density at radius 3 is 2.71 bits per heavy atom. The number of carbonyl (C=O) groups is 1. The first-order valence-corrected chi connectivity index (χ1v) is 11.5. The molecule has 0 fully saturated rings. The van der Waals surface area contributed by atoms with E-state index >= 15 is 0 Å². The summed E-state index contributed by atoms with van der Waals surface area (Å²) in [6, 6.07) is 9.89. The third kappa shape index (κ3) is 5.39. The van der Waals surface area contributed by atoms with Crippen LogP contribution in [0.25, 0.3) is 0 Å². The number of aryl methyl sites for hydroxylation is 1. The zero-order chi connectivity index (χ0) is 22.6. The Morgan fingerprint density at radius 1 is 1.23 bits per heavy atom. The van der Waals surface area contributed by atoms with E-state index in [0.717, 1.165) is 16.9 Å². The first-order chi connectivity index (χ1) is 14.7. The van der Waals surface area contributed by atoms with Gasteiger partial charge in [0.2, 0.25) is 10.0 Å². The first-order valence-electron chi connectivity index (χ1n) is 9.88. The number of amides is 1. The molecule has 0 unspecified atom stereocenters. The fraction of sp³-hybridized carbons (Fsp3) is 0.381. The monoisotopic (exact) mass is 447 g/mol. The molecule has 2 aromatic carbocycles. The largest absolute Gasteiger partial charge is 0.497 e. The fourth-order valence-corrected chi connectivity index (χ4v) is 4.98. The summed E-state index contributed by atoms with van der Waals surface area (Å²) in [5, 5.41) is 13.7. The van der Waals surface area contributed by atoms with Crippen LogP contribution in [-0.4, -0.2) is 49.5 Å². The minimum absolute atomic E-state index is 0.0905. The van der Waals surface area contributed by atoms with Gasteiger partial charge in [-0.25, -0.2) is 8.42 Å². The molecular formula is C21H25N3O6S. The van der Waals surface area contributed by atoms with Crippen LogP contribution in [0.15, 0.2) is 36.4 Å². The van der Waals surface area contributed by atoms with E-state index in [9.17, 15) is 23.3 Å². The molecule has 0 aromatic heterocycles. The molecule has 1 amide bonds. The normalized spacial score (nSPS) is 14.0. The predicted molar refractivity (Wildman–Crippen MR) is 116 cm³/mol. The second kappa shape index (κ2) is 9.44. The van der Waals surface area contributed by atoms with Crippen molar-refractivity contribution in [3.05, 3.63) is 68.8 Å². The van der Waals surface area contributed by atoms with Crippen molar-refractivity contribution >= 4 is 21.6 Å².